The van der Waals surface area contributed by atoms with E-state index in [2.05, 4.69) is 5.32 Å². The minimum atomic E-state index is -0.596. The number of carbonyl (C=O) groups excluding carboxylic acids is 2. The molecule has 6 nitrogen and oxygen atoms in total. The van der Waals surface area contributed by atoms with Crippen LogP contribution in [0.15, 0.2) is 72.5 Å². The Morgan fingerprint density at radius 3 is 2.68 bits per heavy atom. The molecule has 5 rings (SSSR count). The molecule has 0 radical (unpaired) electrons. The number of rotatable bonds is 4. The number of benzene rings is 3. The second-order valence-corrected chi connectivity index (χ2v) is 9.91. The molecule has 2 N–H and O–H groups in total. The first-order valence-corrected chi connectivity index (χ1v) is 12.4. The van der Waals surface area contributed by atoms with Crippen molar-refractivity contribution in [2.45, 2.75) is 25.7 Å². The van der Waals surface area contributed by atoms with Crippen LogP contribution in [0.25, 0.3) is 0 Å². The average Bonchev–Trinajstić information content (AvgIpc) is 3.17. The van der Waals surface area contributed by atoms with Gasteiger partial charge in [-0.3, -0.25) is 9.59 Å². The first-order valence-electron chi connectivity index (χ1n) is 12.0. The Morgan fingerprint density at radius 1 is 1.11 bits per heavy atom. The Labute approximate surface area is 219 Å². The maximum absolute atomic E-state index is 13.7. The summed E-state index contributed by atoms with van der Waals surface area (Å²) in [7, 11) is 1.44. The van der Waals surface area contributed by atoms with Gasteiger partial charge in [-0.2, -0.15) is 0 Å². The first-order chi connectivity index (χ1) is 17.8. The highest BCUT2D eigenvalue weighted by molar-refractivity contribution is 6.34. The molecule has 0 unspecified atom stereocenters. The van der Waals surface area contributed by atoms with Crippen molar-refractivity contribution in [2.24, 2.45) is 5.41 Å². The van der Waals surface area contributed by atoms with Crippen molar-refractivity contribution in [2.75, 3.05) is 23.9 Å². The van der Waals surface area contributed by atoms with Crippen LogP contribution in [-0.4, -0.2) is 30.6 Å². The van der Waals surface area contributed by atoms with Crippen molar-refractivity contribution < 1.29 is 23.8 Å². The molecule has 1 aliphatic heterocycles. The number of hydrogen-bond acceptors (Lipinski definition) is 4. The van der Waals surface area contributed by atoms with Gasteiger partial charge < -0.3 is 20.1 Å². The Balaban J connectivity index is 1.42. The third-order valence-electron chi connectivity index (χ3n) is 7.12. The minimum Gasteiger partial charge on any atom is -0.513 e. The highest BCUT2D eigenvalue weighted by Gasteiger charge is 2.38. The van der Waals surface area contributed by atoms with E-state index in [0.29, 0.717) is 30.0 Å². The second-order valence-electron chi connectivity index (χ2n) is 9.50. The molecular weight excluding hydrogens is 495 g/mol. The summed E-state index contributed by atoms with van der Waals surface area (Å²) in [6.45, 7) is 0.499. The number of hydrogen-bond donors (Lipinski definition) is 2. The number of methoxy groups -OCH3 is 1. The van der Waals surface area contributed by atoms with Crippen molar-refractivity contribution in [3.05, 3.63) is 100 Å². The number of para-hydroxylation sites is 1. The molecule has 37 heavy (non-hydrogen) atoms. The largest absolute Gasteiger partial charge is 0.513 e. The van der Waals surface area contributed by atoms with E-state index in [0.717, 1.165) is 36.6 Å². The summed E-state index contributed by atoms with van der Waals surface area (Å²) < 4.78 is 19.1. The standard InChI is InChI=1S/C29H26ClFN2O4/c1-37-26-14-18(6-9-24(26)32-27(35)22-15-20(31)7-8-23(22)30)28(36)33-13-12-29(11-10-21(34)17-29)16-19-4-2-3-5-25(19)33/h2-9,14-15,17,34H,10-13,16H2,1H3,(H,32,35)/t29-/m0/s1. The van der Waals surface area contributed by atoms with E-state index in [1.807, 2.05) is 30.3 Å². The lowest BCUT2D eigenvalue weighted by molar-refractivity contribution is 0.0984. The molecule has 1 aliphatic carbocycles. The lowest BCUT2D eigenvalue weighted by Gasteiger charge is -2.26. The molecule has 0 fully saturated rings. The molecule has 190 valence electrons. The summed E-state index contributed by atoms with van der Waals surface area (Å²) in [4.78, 5) is 28.2. The molecule has 2 amide bonds. The van der Waals surface area contributed by atoms with Gasteiger partial charge in [-0.1, -0.05) is 29.8 Å². The molecule has 3 aromatic carbocycles. The average molecular weight is 521 g/mol. The maximum Gasteiger partial charge on any atom is 0.258 e. The monoisotopic (exact) mass is 520 g/mol. The van der Waals surface area contributed by atoms with Crippen LogP contribution in [0.4, 0.5) is 15.8 Å². The van der Waals surface area contributed by atoms with Gasteiger partial charge in [-0.05, 0) is 78.8 Å². The molecule has 1 spiro atoms. The van der Waals surface area contributed by atoms with E-state index in [1.165, 1.54) is 19.2 Å². The third-order valence-corrected chi connectivity index (χ3v) is 7.45. The van der Waals surface area contributed by atoms with Gasteiger partial charge in [0.25, 0.3) is 11.8 Å². The molecule has 0 bridgehead atoms. The molecule has 0 aromatic heterocycles. The van der Waals surface area contributed by atoms with Gasteiger partial charge in [0.2, 0.25) is 0 Å². The number of fused-ring (bicyclic) bond motifs is 1. The van der Waals surface area contributed by atoms with E-state index in [1.54, 1.807) is 23.1 Å². The van der Waals surface area contributed by atoms with E-state index >= 15 is 0 Å². The summed E-state index contributed by atoms with van der Waals surface area (Å²) in [5.41, 5.74) is 2.45. The van der Waals surface area contributed by atoms with Crippen LogP contribution in [0, 0.1) is 11.2 Å². The quantitative estimate of drug-likeness (QED) is 0.408. The van der Waals surface area contributed by atoms with Crippen molar-refractivity contribution in [3.8, 4) is 5.75 Å². The Kier molecular flexibility index (Phi) is 6.65. The van der Waals surface area contributed by atoms with Crippen molar-refractivity contribution in [1.82, 2.24) is 0 Å². The Bertz CT molecular complexity index is 1420. The zero-order valence-electron chi connectivity index (χ0n) is 20.3. The fourth-order valence-electron chi connectivity index (χ4n) is 5.21. The van der Waals surface area contributed by atoms with Gasteiger partial charge in [0.15, 0.2) is 0 Å². The van der Waals surface area contributed by atoms with Gasteiger partial charge >= 0.3 is 0 Å². The Morgan fingerprint density at radius 2 is 1.92 bits per heavy atom. The first kappa shape index (κ1) is 24.8. The van der Waals surface area contributed by atoms with E-state index in [9.17, 15) is 19.1 Å². The van der Waals surface area contributed by atoms with E-state index in [-0.39, 0.29) is 27.7 Å². The fourth-order valence-corrected chi connectivity index (χ4v) is 5.42. The predicted octanol–water partition coefficient (Wildman–Crippen LogP) is 6.56. The molecule has 8 heteroatoms. The van der Waals surface area contributed by atoms with Crippen molar-refractivity contribution in [1.29, 1.82) is 0 Å². The number of nitrogens with one attached hydrogen (secondary N) is 1. The summed E-state index contributed by atoms with van der Waals surface area (Å²) in [6.07, 6.45) is 4.96. The predicted molar refractivity (Wildman–Crippen MR) is 141 cm³/mol. The molecule has 2 aliphatic rings. The number of ether oxygens (including phenoxy) is 1. The maximum atomic E-state index is 13.7. The zero-order chi connectivity index (χ0) is 26.2. The van der Waals surface area contributed by atoms with Gasteiger partial charge in [-0.15, -0.1) is 0 Å². The van der Waals surface area contributed by atoms with E-state index < -0.39 is 11.7 Å². The molecule has 1 atom stereocenters. The zero-order valence-corrected chi connectivity index (χ0v) is 21.0. The topological polar surface area (TPSA) is 78.9 Å². The number of allylic oxidation sites excluding steroid dienone is 2. The molecule has 3 aromatic rings. The molecule has 0 saturated carbocycles. The number of halogens is 2. The number of nitrogens with zero attached hydrogens (tertiary/aromatic N) is 1. The van der Waals surface area contributed by atoms with Crippen LogP contribution < -0.4 is 15.0 Å². The van der Waals surface area contributed by atoms with E-state index in [4.69, 9.17) is 16.3 Å². The number of amides is 2. The van der Waals surface area contributed by atoms with Crippen molar-refractivity contribution >= 4 is 34.8 Å². The minimum absolute atomic E-state index is 0.00836. The third kappa shape index (κ3) is 4.91. The summed E-state index contributed by atoms with van der Waals surface area (Å²) in [5, 5.41) is 12.9. The fraction of sp³-hybridized carbons (Fsp3) is 0.241. The van der Waals surface area contributed by atoms with Crippen LogP contribution in [0.1, 0.15) is 45.5 Å². The van der Waals surface area contributed by atoms with Crippen LogP contribution in [-0.2, 0) is 6.42 Å². The number of aliphatic hydroxyl groups excluding tert-OH is 1. The van der Waals surface area contributed by atoms with Gasteiger partial charge in [-0.25, -0.2) is 4.39 Å². The number of anilines is 2. The van der Waals surface area contributed by atoms with Gasteiger partial charge in [0, 0.05) is 24.2 Å². The lowest BCUT2D eigenvalue weighted by Crippen LogP contribution is -2.33. The van der Waals surface area contributed by atoms with Crippen LogP contribution in [0.5, 0.6) is 5.75 Å². The molecular formula is C29H26ClFN2O4. The highest BCUT2D eigenvalue weighted by atomic mass is 35.5. The molecule has 1 heterocycles. The summed E-state index contributed by atoms with van der Waals surface area (Å²) in [6, 6.07) is 16.2. The summed E-state index contributed by atoms with van der Waals surface area (Å²) in [5.74, 6) is -0.666. The number of carbonyl (C=O) groups is 2. The highest BCUT2D eigenvalue weighted by Crippen LogP contribution is 2.45. The normalized spacial score (nSPS) is 18.7. The van der Waals surface area contributed by atoms with Crippen LogP contribution >= 0.6 is 11.6 Å². The second kappa shape index (κ2) is 9.90. The SMILES string of the molecule is COc1cc(C(=O)N2CC[C@]3(C=C(O)CC3)Cc3ccccc32)ccc1NC(=O)c1cc(F)ccc1Cl. The van der Waals surface area contributed by atoms with Crippen LogP contribution in [0.3, 0.4) is 0 Å². The summed E-state index contributed by atoms with van der Waals surface area (Å²) >= 11 is 6.06. The van der Waals surface area contributed by atoms with Crippen molar-refractivity contribution in [3.63, 3.8) is 0 Å². The smallest absolute Gasteiger partial charge is 0.258 e. The lowest BCUT2D eigenvalue weighted by atomic mass is 9.79. The number of aliphatic hydroxyl groups is 1. The molecule has 0 saturated heterocycles. The van der Waals surface area contributed by atoms with Crippen LogP contribution in [0.2, 0.25) is 5.02 Å². The van der Waals surface area contributed by atoms with Gasteiger partial charge in [0.05, 0.1) is 29.1 Å². The Hall–Kier alpha value is -3.84. The van der Waals surface area contributed by atoms with Gasteiger partial charge in [0.1, 0.15) is 11.6 Å².